The zero-order chi connectivity index (χ0) is 18.3. The van der Waals surface area contributed by atoms with Crippen LogP contribution in [0.25, 0.3) is 33.0 Å². The quantitative estimate of drug-likeness (QED) is 0.422. The van der Waals surface area contributed by atoms with Gasteiger partial charge in [-0.2, -0.15) is 13.2 Å². The molecule has 0 aliphatic rings. The van der Waals surface area contributed by atoms with Crippen molar-refractivity contribution in [2.75, 3.05) is 0 Å². The second-order valence-corrected chi connectivity index (χ2v) is 6.48. The minimum Gasteiger partial charge on any atom is -0.464 e. The average molecular weight is 355 g/mol. The molecule has 26 heavy (non-hydrogen) atoms. The third kappa shape index (κ3) is 3.17. The summed E-state index contributed by atoms with van der Waals surface area (Å²) in [5.74, 6) is 0. The molecule has 0 amide bonds. The maximum Gasteiger partial charge on any atom is 0.389 e. The highest BCUT2D eigenvalue weighted by atomic mass is 19.4. The predicted octanol–water partition coefficient (Wildman–Crippen LogP) is 6.45. The van der Waals surface area contributed by atoms with E-state index in [1.165, 1.54) is 0 Å². The van der Waals surface area contributed by atoms with Crippen molar-refractivity contribution in [3.8, 4) is 11.3 Å². The van der Waals surface area contributed by atoms with E-state index in [2.05, 4.69) is 4.98 Å². The van der Waals surface area contributed by atoms with Crippen molar-refractivity contribution < 1.29 is 17.6 Å². The number of aromatic nitrogens is 1. The highest BCUT2D eigenvalue weighted by Gasteiger charge is 2.26. The molecule has 2 heterocycles. The predicted molar refractivity (Wildman–Crippen MR) is 96.1 cm³/mol. The molecule has 0 N–H and O–H groups in total. The van der Waals surface area contributed by atoms with Gasteiger partial charge in [0, 0.05) is 29.0 Å². The van der Waals surface area contributed by atoms with Crippen molar-refractivity contribution in [2.45, 2.75) is 25.9 Å². The summed E-state index contributed by atoms with van der Waals surface area (Å²) in [7, 11) is 0. The standard InChI is InChI=1S/C21H16F3NO/c1-13-10-16-6-9-26-20(16)18(11-13)19-17-3-2-14(4-7-21(22,23)24)12-15(17)5-8-25-19/h2-3,5-6,8-12H,4,7H2,1H3. The molecule has 0 atom stereocenters. The van der Waals surface area contributed by atoms with Crippen LogP contribution in [0.1, 0.15) is 17.5 Å². The van der Waals surface area contributed by atoms with Crippen molar-refractivity contribution in [3.05, 3.63) is 66.1 Å². The van der Waals surface area contributed by atoms with Gasteiger partial charge in [-0.1, -0.05) is 18.2 Å². The Bertz CT molecular complexity index is 1100. The van der Waals surface area contributed by atoms with E-state index in [0.29, 0.717) is 5.56 Å². The summed E-state index contributed by atoms with van der Waals surface area (Å²) in [5.41, 5.74) is 4.18. The lowest BCUT2D eigenvalue weighted by Crippen LogP contribution is -2.08. The molecule has 132 valence electrons. The van der Waals surface area contributed by atoms with E-state index in [4.69, 9.17) is 4.42 Å². The van der Waals surface area contributed by atoms with Gasteiger partial charge >= 0.3 is 6.18 Å². The lowest BCUT2D eigenvalue weighted by atomic mass is 9.98. The van der Waals surface area contributed by atoms with Crippen LogP contribution in [0.3, 0.4) is 0 Å². The number of benzene rings is 2. The Morgan fingerprint density at radius 1 is 1.00 bits per heavy atom. The first kappa shape index (κ1) is 16.6. The van der Waals surface area contributed by atoms with Crippen LogP contribution in [-0.4, -0.2) is 11.2 Å². The van der Waals surface area contributed by atoms with Crippen LogP contribution in [0.4, 0.5) is 13.2 Å². The first-order valence-electron chi connectivity index (χ1n) is 8.33. The van der Waals surface area contributed by atoms with Gasteiger partial charge < -0.3 is 4.42 Å². The molecule has 0 spiro atoms. The number of nitrogens with zero attached hydrogens (tertiary/aromatic N) is 1. The Balaban J connectivity index is 1.82. The molecule has 0 unspecified atom stereocenters. The number of hydrogen-bond donors (Lipinski definition) is 0. The largest absolute Gasteiger partial charge is 0.464 e. The zero-order valence-electron chi connectivity index (χ0n) is 14.1. The van der Waals surface area contributed by atoms with Crippen LogP contribution in [0, 0.1) is 6.92 Å². The van der Waals surface area contributed by atoms with E-state index in [9.17, 15) is 13.2 Å². The Kier molecular flexibility index (Phi) is 3.94. The van der Waals surface area contributed by atoms with Gasteiger partial charge in [-0.15, -0.1) is 0 Å². The van der Waals surface area contributed by atoms with E-state index in [-0.39, 0.29) is 6.42 Å². The third-order valence-corrected chi connectivity index (χ3v) is 4.48. The van der Waals surface area contributed by atoms with Gasteiger partial charge in [0.25, 0.3) is 0 Å². The third-order valence-electron chi connectivity index (χ3n) is 4.48. The summed E-state index contributed by atoms with van der Waals surface area (Å²) in [5, 5.41) is 2.77. The fourth-order valence-electron chi connectivity index (χ4n) is 3.29. The fourth-order valence-corrected chi connectivity index (χ4v) is 3.29. The molecular formula is C21H16F3NO. The van der Waals surface area contributed by atoms with Gasteiger partial charge in [-0.3, -0.25) is 4.98 Å². The van der Waals surface area contributed by atoms with Gasteiger partial charge in [0.15, 0.2) is 0 Å². The summed E-state index contributed by atoms with van der Waals surface area (Å²) in [6.45, 7) is 2.01. The summed E-state index contributed by atoms with van der Waals surface area (Å²) in [4.78, 5) is 4.52. The first-order chi connectivity index (χ1) is 12.4. The molecule has 5 heteroatoms. The Hall–Kier alpha value is -2.82. The Morgan fingerprint density at radius 2 is 1.85 bits per heavy atom. The maximum absolute atomic E-state index is 12.5. The molecule has 2 aromatic carbocycles. The van der Waals surface area contributed by atoms with Crippen molar-refractivity contribution >= 4 is 21.7 Å². The first-order valence-corrected chi connectivity index (χ1v) is 8.33. The zero-order valence-corrected chi connectivity index (χ0v) is 14.1. The number of rotatable bonds is 3. The molecule has 0 radical (unpaired) electrons. The minimum absolute atomic E-state index is 0.0238. The second kappa shape index (κ2) is 6.16. The molecule has 2 aromatic heterocycles. The molecule has 0 saturated heterocycles. The molecule has 0 aliphatic carbocycles. The van der Waals surface area contributed by atoms with Gasteiger partial charge in [0.1, 0.15) is 5.58 Å². The van der Waals surface area contributed by atoms with Crippen molar-refractivity contribution in [1.29, 1.82) is 0 Å². The lowest BCUT2D eigenvalue weighted by Gasteiger charge is -2.10. The van der Waals surface area contributed by atoms with Crippen LogP contribution >= 0.6 is 0 Å². The molecule has 0 bridgehead atoms. The number of pyridine rings is 1. The smallest absolute Gasteiger partial charge is 0.389 e. The van der Waals surface area contributed by atoms with Crippen molar-refractivity contribution in [2.24, 2.45) is 0 Å². The van der Waals surface area contributed by atoms with Gasteiger partial charge in [0.05, 0.1) is 12.0 Å². The summed E-state index contributed by atoms with van der Waals surface area (Å²) >= 11 is 0. The number of furan rings is 1. The summed E-state index contributed by atoms with van der Waals surface area (Å²) in [6, 6.07) is 13.2. The van der Waals surface area contributed by atoms with Crippen LogP contribution in [-0.2, 0) is 6.42 Å². The monoisotopic (exact) mass is 355 g/mol. The molecule has 4 rings (SSSR count). The molecule has 0 aliphatic heterocycles. The Labute approximate surface area is 148 Å². The number of aryl methyl sites for hydroxylation is 2. The lowest BCUT2D eigenvalue weighted by molar-refractivity contribution is -0.133. The van der Waals surface area contributed by atoms with Crippen LogP contribution < -0.4 is 0 Å². The molecule has 2 nitrogen and oxygen atoms in total. The van der Waals surface area contributed by atoms with Crippen molar-refractivity contribution in [1.82, 2.24) is 4.98 Å². The highest BCUT2D eigenvalue weighted by Crippen LogP contribution is 2.34. The topological polar surface area (TPSA) is 26.0 Å². The van der Waals surface area contributed by atoms with Gasteiger partial charge in [-0.05, 0) is 54.1 Å². The highest BCUT2D eigenvalue weighted by molar-refractivity contribution is 6.02. The minimum atomic E-state index is -4.15. The van der Waals surface area contributed by atoms with Crippen molar-refractivity contribution in [3.63, 3.8) is 0 Å². The fraction of sp³-hybridized carbons (Fsp3) is 0.190. The molecular weight excluding hydrogens is 339 g/mol. The van der Waals surface area contributed by atoms with Gasteiger partial charge in [0.2, 0.25) is 0 Å². The molecule has 0 saturated carbocycles. The van der Waals surface area contributed by atoms with E-state index >= 15 is 0 Å². The van der Waals surface area contributed by atoms with E-state index in [1.807, 2.05) is 37.3 Å². The molecule has 4 aromatic rings. The van der Waals surface area contributed by atoms with E-state index in [1.54, 1.807) is 24.6 Å². The summed E-state index contributed by atoms with van der Waals surface area (Å²) < 4.78 is 43.1. The number of hydrogen-bond acceptors (Lipinski definition) is 2. The average Bonchev–Trinajstić information content (AvgIpc) is 3.06. The van der Waals surface area contributed by atoms with E-state index < -0.39 is 12.6 Å². The van der Waals surface area contributed by atoms with E-state index in [0.717, 1.165) is 38.6 Å². The second-order valence-electron chi connectivity index (χ2n) is 6.48. The maximum atomic E-state index is 12.5. The van der Waals surface area contributed by atoms with Crippen LogP contribution in [0.5, 0.6) is 0 Å². The summed E-state index contributed by atoms with van der Waals surface area (Å²) in [6.07, 6.45) is -1.66. The Morgan fingerprint density at radius 3 is 2.65 bits per heavy atom. The van der Waals surface area contributed by atoms with Crippen LogP contribution in [0.15, 0.2) is 59.3 Å². The normalized spacial score (nSPS) is 12.2. The molecule has 0 fully saturated rings. The number of halogens is 3. The van der Waals surface area contributed by atoms with Gasteiger partial charge in [-0.25, -0.2) is 0 Å². The number of alkyl halides is 3. The number of fused-ring (bicyclic) bond motifs is 2. The van der Waals surface area contributed by atoms with Crippen LogP contribution in [0.2, 0.25) is 0 Å². The SMILES string of the molecule is Cc1cc(-c2nccc3cc(CCC(F)(F)F)ccc23)c2occc2c1.